The van der Waals surface area contributed by atoms with Crippen molar-refractivity contribution in [1.29, 1.82) is 0 Å². The largest absolute Gasteiger partial charge is 0.335 e. The Morgan fingerprint density at radius 1 is 1.57 bits per heavy atom. The minimum Gasteiger partial charge on any atom is -0.335 e. The molecule has 1 heterocycles. The Balaban J connectivity index is 2.70. The van der Waals surface area contributed by atoms with Crippen LogP contribution in [0.3, 0.4) is 0 Å². The number of likely N-dealkylation sites (N-methyl/N-ethyl adjacent to an activating group) is 1. The van der Waals surface area contributed by atoms with Gasteiger partial charge in [0.15, 0.2) is 0 Å². The molecular formula is C11H20N2O. The Labute approximate surface area is 86.4 Å². The van der Waals surface area contributed by atoms with Crippen LogP contribution in [0, 0.1) is 0 Å². The molecule has 3 nitrogen and oxygen atoms in total. The normalized spacial score (nSPS) is 27.9. The summed E-state index contributed by atoms with van der Waals surface area (Å²) in [5.74, 6) is 0.0593. The summed E-state index contributed by atoms with van der Waals surface area (Å²) in [6.07, 6.45) is 3.68. The fourth-order valence-electron chi connectivity index (χ4n) is 2.24. The van der Waals surface area contributed by atoms with E-state index in [1.807, 2.05) is 4.90 Å². The molecule has 0 aromatic heterocycles. The van der Waals surface area contributed by atoms with E-state index < -0.39 is 0 Å². The van der Waals surface area contributed by atoms with Crippen molar-refractivity contribution in [3.8, 4) is 0 Å². The molecule has 1 fully saturated rings. The summed E-state index contributed by atoms with van der Waals surface area (Å²) >= 11 is 0. The highest BCUT2D eigenvalue weighted by molar-refractivity contribution is 5.87. The molecule has 1 amide bonds. The Kier molecular flexibility index (Phi) is 3.69. The van der Waals surface area contributed by atoms with Crippen molar-refractivity contribution in [3.63, 3.8) is 0 Å². The van der Waals surface area contributed by atoms with Crippen molar-refractivity contribution in [1.82, 2.24) is 9.80 Å². The first kappa shape index (κ1) is 11.2. The molecule has 80 valence electrons. The van der Waals surface area contributed by atoms with Gasteiger partial charge in [0.25, 0.3) is 0 Å². The summed E-state index contributed by atoms with van der Waals surface area (Å²) in [5.41, 5.74) is 0. The van der Waals surface area contributed by atoms with Gasteiger partial charge in [0.05, 0.1) is 0 Å². The Morgan fingerprint density at radius 2 is 2.21 bits per heavy atom. The van der Waals surface area contributed by atoms with E-state index in [4.69, 9.17) is 0 Å². The van der Waals surface area contributed by atoms with E-state index >= 15 is 0 Å². The van der Waals surface area contributed by atoms with E-state index in [1.54, 1.807) is 0 Å². The molecule has 1 aliphatic rings. The molecule has 1 rings (SSSR count). The molecule has 2 atom stereocenters. The van der Waals surface area contributed by atoms with Crippen molar-refractivity contribution in [2.24, 2.45) is 0 Å². The first-order valence-electron chi connectivity index (χ1n) is 5.17. The Bertz CT molecular complexity index is 225. The van der Waals surface area contributed by atoms with Crippen LogP contribution in [0.15, 0.2) is 12.7 Å². The van der Waals surface area contributed by atoms with E-state index in [-0.39, 0.29) is 5.91 Å². The molecule has 1 aliphatic heterocycles. The van der Waals surface area contributed by atoms with Crippen LogP contribution < -0.4 is 0 Å². The average Bonchev–Trinajstić information content (AvgIpc) is 2.16. The molecule has 3 heteroatoms. The number of carbonyl (C=O) groups is 1. The number of piperidine rings is 1. The summed E-state index contributed by atoms with van der Waals surface area (Å²) in [7, 11) is 4.14. The second-order valence-corrected chi connectivity index (χ2v) is 4.15. The lowest BCUT2D eigenvalue weighted by Gasteiger charge is -2.41. The van der Waals surface area contributed by atoms with Crippen LogP contribution in [0.25, 0.3) is 0 Å². The van der Waals surface area contributed by atoms with E-state index in [9.17, 15) is 4.79 Å². The maximum Gasteiger partial charge on any atom is 0.246 e. The molecule has 1 saturated heterocycles. The molecule has 0 bridgehead atoms. The van der Waals surface area contributed by atoms with Crippen LogP contribution in [-0.4, -0.2) is 48.4 Å². The number of rotatable bonds is 2. The molecular weight excluding hydrogens is 176 g/mol. The molecule has 0 saturated carbocycles. The second kappa shape index (κ2) is 4.60. The first-order chi connectivity index (χ1) is 6.57. The van der Waals surface area contributed by atoms with Crippen molar-refractivity contribution in [2.45, 2.75) is 31.8 Å². The first-order valence-corrected chi connectivity index (χ1v) is 5.17. The third-order valence-electron chi connectivity index (χ3n) is 3.07. The van der Waals surface area contributed by atoms with E-state index in [1.165, 1.54) is 12.5 Å². The van der Waals surface area contributed by atoms with E-state index in [2.05, 4.69) is 32.5 Å². The second-order valence-electron chi connectivity index (χ2n) is 4.15. The highest BCUT2D eigenvalue weighted by atomic mass is 16.2. The van der Waals surface area contributed by atoms with Crippen molar-refractivity contribution in [3.05, 3.63) is 12.7 Å². The molecule has 0 unspecified atom stereocenters. The molecule has 0 aliphatic carbocycles. The zero-order chi connectivity index (χ0) is 10.7. The minimum absolute atomic E-state index is 0.0593. The van der Waals surface area contributed by atoms with Gasteiger partial charge in [-0.05, 0) is 39.9 Å². The molecule has 0 spiro atoms. The smallest absolute Gasteiger partial charge is 0.246 e. The molecule has 0 radical (unpaired) electrons. The van der Waals surface area contributed by atoms with Gasteiger partial charge in [-0.2, -0.15) is 0 Å². The van der Waals surface area contributed by atoms with Gasteiger partial charge in [0.2, 0.25) is 5.91 Å². The van der Waals surface area contributed by atoms with Crippen LogP contribution >= 0.6 is 0 Å². The lowest BCUT2D eigenvalue weighted by Crippen LogP contribution is -2.53. The lowest BCUT2D eigenvalue weighted by molar-refractivity contribution is -0.130. The predicted octanol–water partition coefficient (Wildman–Crippen LogP) is 1.11. The Hall–Kier alpha value is -0.830. The number of hydrogen-bond donors (Lipinski definition) is 0. The van der Waals surface area contributed by atoms with Crippen LogP contribution in [0.1, 0.15) is 19.8 Å². The van der Waals surface area contributed by atoms with Gasteiger partial charge >= 0.3 is 0 Å². The highest BCUT2D eigenvalue weighted by Crippen LogP contribution is 2.20. The summed E-state index contributed by atoms with van der Waals surface area (Å²) in [4.78, 5) is 15.7. The molecule has 14 heavy (non-hydrogen) atoms. The molecule has 0 N–H and O–H groups in total. The minimum atomic E-state index is 0.0593. The summed E-state index contributed by atoms with van der Waals surface area (Å²) in [5, 5.41) is 0. The van der Waals surface area contributed by atoms with E-state index in [0.717, 1.165) is 13.0 Å². The maximum atomic E-state index is 11.5. The fourth-order valence-corrected chi connectivity index (χ4v) is 2.24. The number of carbonyl (C=O) groups excluding carboxylic acids is 1. The van der Waals surface area contributed by atoms with E-state index in [0.29, 0.717) is 12.1 Å². The zero-order valence-electron chi connectivity index (χ0n) is 9.36. The van der Waals surface area contributed by atoms with Crippen LogP contribution in [0.5, 0.6) is 0 Å². The van der Waals surface area contributed by atoms with Gasteiger partial charge < -0.3 is 9.80 Å². The fraction of sp³-hybridized carbons (Fsp3) is 0.727. The highest BCUT2D eigenvalue weighted by Gasteiger charge is 2.30. The molecule has 0 aromatic carbocycles. The van der Waals surface area contributed by atoms with Gasteiger partial charge in [-0.15, -0.1) is 0 Å². The Morgan fingerprint density at radius 3 is 2.71 bits per heavy atom. The zero-order valence-corrected chi connectivity index (χ0v) is 9.36. The lowest BCUT2D eigenvalue weighted by atomic mass is 9.96. The SMILES string of the molecule is C=CC(=O)N1CCC[C@@H](N(C)C)[C@H]1C. The number of likely N-dealkylation sites (tertiary alicyclic amines) is 1. The van der Waals surface area contributed by atoms with Gasteiger partial charge in [-0.1, -0.05) is 6.58 Å². The van der Waals surface area contributed by atoms with Crippen LogP contribution in [0.2, 0.25) is 0 Å². The predicted molar refractivity (Wildman–Crippen MR) is 58.1 cm³/mol. The maximum absolute atomic E-state index is 11.5. The number of hydrogen-bond acceptors (Lipinski definition) is 2. The van der Waals surface area contributed by atoms with Gasteiger partial charge in [0, 0.05) is 18.6 Å². The third-order valence-corrected chi connectivity index (χ3v) is 3.07. The van der Waals surface area contributed by atoms with Crippen LogP contribution in [-0.2, 0) is 4.79 Å². The number of amides is 1. The van der Waals surface area contributed by atoms with Gasteiger partial charge in [-0.3, -0.25) is 4.79 Å². The van der Waals surface area contributed by atoms with Gasteiger partial charge in [0.1, 0.15) is 0 Å². The average molecular weight is 196 g/mol. The third kappa shape index (κ3) is 2.15. The molecule has 0 aromatic rings. The topological polar surface area (TPSA) is 23.6 Å². The summed E-state index contributed by atoms with van der Waals surface area (Å²) in [6.45, 7) is 6.52. The standard InChI is InChI=1S/C11H20N2O/c1-5-11(14)13-8-6-7-10(9(13)2)12(3)4/h5,9-10H,1,6-8H2,2-4H3/t9-,10-/m1/s1. The van der Waals surface area contributed by atoms with Crippen molar-refractivity contribution >= 4 is 5.91 Å². The summed E-state index contributed by atoms with van der Waals surface area (Å²) < 4.78 is 0. The van der Waals surface area contributed by atoms with Crippen molar-refractivity contribution in [2.75, 3.05) is 20.6 Å². The monoisotopic (exact) mass is 196 g/mol. The summed E-state index contributed by atoms with van der Waals surface area (Å²) in [6, 6.07) is 0.775. The quantitative estimate of drug-likeness (QED) is 0.618. The van der Waals surface area contributed by atoms with Gasteiger partial charge in [-0.25, -0.2) is 0 Å². The number of nitrogens with zero attached hydrogens (tertiary/aromatic N) is 2. The van der Waals surface area contributed by atoms with Crippen LogP contribution in [0.4, 0.5) is 0 Å². The van der Waals surface area contributed by atoms with Crippen molar-refractivity contribution < 1.29 is 4.79 Å².